The molecule has 0 amide bonds. The summed E-state index contributed by atoms with van der Waals surface area (Å²) < 4.78 is 13.8. The third-order valence-corrected chi connectivity index (χ3v) is 11.4. The van der Waals surface area contributed by atoms with Gasteiger partial charge in [-0.1, -0.05) is 45.0 Å². The number of rotatable bonds is 7. The molecule has 1 aromatic carbocycles. The summed E-state index contributed by atoms with van der Waals surface area (Å²) in [5.74, 6) is -0.549. The lowest BCUT2D eigenvalue weighted by Crippen LogP contribution is -2.41. The predicted octanol–water partition coefficient (Wildman–Crippen LogP) is 6.11. The molecule has 0 unspecified atom stereocenters. The van der Waals surface area contributed by atoms with E-state index in [-0.39, 0.29) is 22.7 Å². The van der Waals surface area contributed by atoms with Crippen molar-refractivity contribution < 1.29 is 18.8 Å². The number of benzene rings is 1. The van der Waals surface area contributed by atoms with E-state index in [2.05, 4.69) is 33.9 Å². The van der Waals surface area contributed by atoms with E-state index in [0.717, 1.165) is 17.7 Å². The Morgan fingerprint density at radius 2 is 1.64 bits per heavy atom. The van der Waals surface area contributed by atoms with Crippen molar-refractivity contribution in [2.45, 2.75) is 90.6 Å². The zero-order valence-electron chi connectivity index (χ0n) is 21.5. The van der Waals surface area contributed by atoms with Gasteiger partial charge in [-0.05, 0) is 69.4 Å². The maximum absolute atomic E-state index is 13.2. The van der Waals surface area contributed by atoms with E-state index in [1.807, 2.05) is 61.7 Å². The van der Waals surface area contributed by atoms with Crippen molar-refractivity contribution in [3.63, 3.8) is 0 Å². The third kappa shape index (κ3) is 5.85. The average Bonchev–Trinajstić information content (AvgIpc) is 3.27. The largest absolute Gasteiger partial charge is 0.459 e. The van der Waals surface area contributed by atoms with Crippen LogP contribution in [-0.2, 0) is 26.9 Å². The summed E-state index contributed by atoms with van der Waals surface area (Å²) in [5.41, 5.74) is 2.80. The fourth-order valence-electron chi connectivity index (χ4n) is 3.86. The summed E-state index contributed by atoms with van der Waals surface area (Å²) in [5, 5.41) is 0.198. The first-order valence-electron chi connectivity index (χ1n) is 11.9. The van der Waals surface area contributed by atoms with Gasteiger partial charge in [-0.15, -0.1) is 0 Å². The number of ether oxygens (including phenoxy) is 1. The minimum atomic E-state index is -1.75. The molecule has 1 aliphatic rings. The van der Waals surface area contributed by atoms with Gasteiger partial charge in [0.15, 0.2) is 8.32 Å². The van der Waals surface area contributed by atoms with E-state index in [0.29, 0.717) is 30.8 Å². The van der Waals surface area contributed by atoms with Crippen LogP contribution in [0.2, 0.25) is 18.1 Å². The van der Waals surface area contributed by atoms with Crippen LogP contribution in [0.4, 0.5) is 0 Å². The van der Waals surface area contributed by atoms with E-state index in [1.54, 1.807) is 0 Å². The van der Waals surface area contributed by atoms with Crippen molar-refractivity contribution >= 4 is 20.1 Å². The Morgan fingerprint density at radius 3 is 2.21 bits per heavy atom. The molecule has 0 fully saturated rings. The highest BCUT2D eigenvalue weighted by atomic mass is 28.4. The Morgan fingerprint density at radius 1 is 1.00 bits per heavy atom. The Hall–Kier alpha value is -2.18. The van der Waals surface area contributed by atoms with Gasteiger partial charge < -0.3 is 13.7 Å². The zero-order valence-corrected chi connectivity index (χ0v) is 22.5. The van der Waals surface area contributed by atoms with Crippen LogP contribution in [-0.4, -0.2) is 36.8 Å². The zero-order chi connectivity index (χ0) is 24.6. The Labute approximate surface area is 199 Å². The molecule has 0 bridgehead atoms. The van der Waals surface area contributed by atoms with Gasteiger partial charge >= 0.3 is 5.97 Å². The van der Waals surface area contributed by atoms with Gasteiger partial charge in [0.1, 0.15) is 5.60 Å². The fraction of sp³-hybridized carbons (Fsp3) is 0.556. The van der Waals surface area contributed by atoms with E-state index >= 15 is 0 Å². The number of carbonyl (C=O) groups excluding carboxylic acids is 2. The third-order valence-electron chi connectivity index (χ3n) is 6.81. The molecular formula is C27H39NO4Si. The summed E-state index contributed by atoms with van der Waals surface area (Å²) in [6, 6.07) is 11.5. The predicted molar refractivity (Wildman–Crippen MR) is 134 cm³/mol. The maximum Gasteiger partial charge on any atom is 0.315 e. The summed E-state index contributed by atoms with van der Waals surface area (Å²) in [7, 11) is -1.75. The first-order chi connectivity index (χ1) is 15.2. The number of hydrogen-bond acceptors (Lipinski definition) is 4. The van der Waals surface area contributed by atoms with Crippen LogP contribution in [0.3, 0.4) is 0 Å². The topological polar surface area (TPSA) is 57.5 Å². The molecule has 0 radical (unpaired) electrons. The fourth-order valence-corrected chi connectivity index (χ4v) is 4.91. The number of esters is 1. The highest BCUT2D eigenvalue weighted by Gasteiger charge is 2.37. The van der Waals surface area contributed by atoms with Gasteiger partial charge in [0.25, 0.3) is 0 Å². The van der Waals surface area contributed by atoms with Crippen molar-refractivity contribution in [3.8, 4) is 0 Å². The molecule has 6 heteroatoms. The smallest absolute Gasteiger partial charge is 0.315 e. The standard InChI is InChI=1S/C27H39NO4Si/c1-26(2,3)32-25(30)21-15-17-28-22(21)13-14-23(28)24(29)20-11-9-19(10-12-20)16-18-31-33(7,8)27(4,5)6/h9-14,21H,15-18H2,1-8H3/t21-/m0/s1. The Balaban J connectivity index is 1.65. The number of hydrogen-bond donors (Lipinski definition) is 0. The van der Waals surface area contributed by atoms with Crippen LogP contribution in [0.1, 0.15) is 81.2 Å². The molecule has 0 N–H and O–H groups in total. The quantitative estimate of drug-likeness (QED) is 0.279. The van der Waals surface area contributed by atoms with Crippen molar-refractivity contribution in [2.75, 3.05) is 6.61 Å². The summed E-state index contributed by atoms with van der Waals surface area (Å²) in [6.45, 7) is 18.2. The molecule has 0 spiro atoms. The van der Waals surface area contributed by atoms with Crippen LogP contribution < -0.4 is 0 Å². The molecule has 1 atom stereocenters. The molecule has 180 valence electrons. The van der Waals surface area contributed by atoms with Crippen molar-refractivity contribution in [1.29, 1.82) is 0 Å². The monoisotopic (exact) mass is 469 g/mol. The minimum absolute atomic E-state index is 0.0184. The molecule has 33 heavy (non-hydrogen) atoms. The second-order valence-corrected chi connectivity index (χ2v) is 16.4. The molecule has 1 aromatic heterocycles. The van der Waals surface area contributed by atoms with Gasteiger partial charge in [-0.3, -0.25) is 9.59 Å². The van der Waals surface area contributed by atoms with Crippen molar-refractivity contribution in [1.82, 2.24) is 4.57 Å². The number of nitrogens with zero attached hydrogens (tertiary/aromatic N) is 1. The van der Waals surface area contributed by atoms with Gasteiger partial charge in [0.05, 0.1) is 11.6 Å². The second kappa shape index (κ2) is 9.22. The highest BCUT2D eigenvalue weighted by Crippen LogP contribution is 2.36. The summed E-state index contributed by atoms with van der Waals surface area (Å²) >= 11 is 0. The molecular weight excluding hydrogens is 430 g/mol. The van der Waals surface area contributed by atoms with E-state index < -0.39 is 13.9 Å². The molecule has 1 aliphatic heterocycles. The maximum atomic E-state index is 13.2. The van der Waals surface area contributed by atoms with Gasteiger partial charge in [-0.2, -0.15) is 0 Å². The first kappa shape index (κ1) is 25.4. The van der Waals surface area contributed by atoms with Gasteiger partial charge in [0, 0.05) is 24.4 Å². The summed E-state index contributed by atoms with van der Waals surface area (Å²) in [4.78, 5) is 25.8. The average molecular weight is 470 g/mol. The summed E-state index contributed by atoms with van der Waals surface area (Å²) in [6.07, 6.45) is 1.50. The molecule has 0 saturated heterocycles. The lowest BCUT2D eigenvalue weighted by Gasteiger charge is -2.36. The highest BCUT2D eigenvalue weighted by molar-refractivity contribution is 6.74. The lowest BCUT2D eigenvalue weighted by atomic mass is 10.0. The number of fused-ring (bicyclic) bond motifs is 1. The van der Waals surface area contributed by atoms with Crippen LogP contribution >= 0.6 is 0 Å². The Kier molecular flexibility index (Phi) is 7.11. The second-order valence-electron chi connectivity index (χ2n) is 11.6. The van der Waals surface area contributed by atoms with Crippen LogP contribution in [0.25, 0.3) is 0 Å². The Bertz CT molecular complexity index is 1010. The van der Waals surface area contributed by atoms with Gasteiger partial charge in [-0.25, -0.2) is 0 Å². The normalized spacial score (nSPS) is 16.5. The molecule has 3 rings (SSSR count). The van der Waals surface area contributed by atoms with Crippen LogP contribution in [0, 0.1) is 0 Å². The number of carbonyl (C=O) groups is 2. The molecule has 2 heterocycles. The number of ketones is 1. The minimum Gasteiger partial charge on any atom is -0.459 e. The van der Waals surface area contributed by atoms with Crippen molar-refractivity contribution in [3.05, 3.63) is 58.9 Å². The van der Waals surface area contributed by atoms with Crippen LogP contribution in [0.5, 0.6) is 0 Å². The van der Waals surface area contributed by atoms with E-state index in [1.165, 1.54) is 0 Å². The van der Waals surface area contributed by atoms with E-state index in [9.17, 15) is 9.59 Å². The van der Waals surface area contributed by atoms with Gasteiger partial charge in [0.2, 0.25) is 5.78 Å². The lowest BCUT2D eigenvalue weighted by molar-refractivity contribution is -0.156. The SMILES string of the molecule is CC(C)(C)OC(=O)[C@H]1CCn2c(C(=O)c3ccc(CCO[Si](C)(C)C(C)(C)C)cc3)ccc21. The van der Waals surface area contributed by atoms with E-state index in [4.69, 9.17) is 9.16 Å². The molecule has 0 aliphatic carbocycles. The van der Waals surface area contributed by atoms with Crippen molar-refractivity contribution in [2.24, 2.45) is 0 Å². The molecule has 2 aromatic rings. The first-order valence-corrected chi connectivity index (χ1v) is 14.8. The molecule has 0 saturated carbocycles. The molecule has 5 nitrogen and oxygen atoms in total. The number of aromatic nitrogens is 1. The van der Waals surface area contributed by atoms with Crippen LogP contribution in [0.15, 0.2) is 36.4 Å².